The Bertz CT molecular complexity index is 283. The lowest BCUT2D eigenvalue weighted by Crippen LogP contribution is -2.52. The van der Waals surface area contributed by atoms with Crippen molar-refractivity contribution < 1.29 is 27.8 Å². The third-order valence-corrected chi connectivity index (χ3v) is 2.63. The quantitative estimate of drug-likeness (QED) is 0.745. The number of hydrogen-bond acceptors (Lipinski definition) is 3. The van der Waals surface area contributed by atoms with Crippen molar-refractivity contribution in [1.29, 1.82) is 0 Å². The zero-order chi connectivity index (χ0) is 14.6. The third kappa shape index (κ3) is 5.22. The van der Waals surface area contributed by atoms with Gasteiger partial charge in [0.05, 0.1) is 6.10 Å². The fraction of sp³-hybridized carbons (Fsp3) is 0.909. The maximum absolute atomic E-state index is 12.3. The summed E-state index contributed by atoms with van der Waals surface area (Å²) in [6.07, 6.45) is -7.21. The average Bonchev–Trinajstić information content (AvgIpc) is 2.15. The molecule has 0 aliphatic rings. The fourth-order valence-corrected chi connectivity index (χ4v) is 1.67. The van der Waals surface area contributed by atoms with Crippen LogP contribution in [0.2, 0.25) is 0 Å². The van der Waals surface area contributed by atoms with Crippen molar-refractivity contribution in [3.63, 3.8) is 0 Å². The molecule has 0 spiro atoms. The maximum atomic E-state index is 12.3. The van der Waals surface area contributed by atoms with E-state index >= 15 is 0 Å². The van der Waals surface area contributed by atoms with E-state index in [9.17, 15) is 18.0 Å². The van der Waals surface area contributed by atoms with Crippen molar-refractivity contribution in [3.8, 4) is 0 Å². The molecular weight excluding hydrogens is 251 g/mol. The number of likely N-dealkylation sites (N-methyl/N-ethyl adjacent to an activating group) is 1. The first kappa shape index (κ1) is 17.2. The van der Waals surface area contributed by atoms with E-state index in [0.29, 0.717) is 6.54 Å². The van der Waals surface area contributed by atoms with Crippen molar-refractivity contribution in [2.75, 3.05) is 6.54 Å². The van der Waals surface area contributed by atoms with E-state index in [1.54, 1.807) is 6.92 Å². The molecule has 0 amide bonds. The second-order valence-electron chi connectivity index (χ2n) is 4.50. The largest absolute Gasteiger partial charge is 0.480 e. The summed E-state index contributed by atoms with van der Waals surface area (Å²) in [7, 11) is 0. The number of alkyl halides is 3. The molecular formula is C11H20F3NO3. The molecule has 0 heterocycles. The number of hydrogen-bond donors (Lipinski definition) is 2. The Kier molecular flexibility index (Phi) is 6.09. The van der Waals surface area contributed by atoms with Crippen molar-refractivity contribution in [2.45, 2.75) is 58.0 Å². The first-order chi connectivity index (χ1) is 8.03. The van der Waals surface area contributed by atoms with Gasteiger partial charge in [0, 0.05) is 6.42 Å². The van der Waals surface area contributed by atoms with Crippen LogP contribution in [0.4, 0.5) is 13.2 Å². The topological polar surface area (TPSA) is 58.6 Å². The molecule has 108 valence electrons. The average molecular weight is 271 g/mol. The molecule has 18 heavy (non-hydrogen) atoms. The lowest BCUT2D eigenvalue weighted by atomic mass is 9.94. The molecule has 0 aliphatic heterocycles. The molecule has 2 N–H and O–H groups in total. The smallest absolute Gasteiger partial charge is 0.414 e. The normalized spacial score (nSPS) is 19.1. The number of carboxylic acid groups (broad SMARTS) is 1. The lowest BCUT2D eigenvalue weighted by molar-refractivity contribution is -0.226. The van der Waals surface area contributed by atoms with E-state index in [1.807, 2.05) is 0 Å². The molecule has 3 unspecified atom stereocenters. The summed E-state index contributed by atoms with van der Waals surface area (Å²) in [5.74, 6) is -1.11. The van der Waals surface area contributed by atoms with Gasteiger partial charge >= 0.3 is 12.1 Å². The number of nitrogens with one attached hydrogen (secondary N) is 1. The Hall–Kier alpha value is -0.820. The second kappa shape index (κ2) is 6.38. The predicted molar refractivity (Wildman–Crippen MR) is 60.4 cm³/mol. The first-order valence-corrected chi connectivity index (χ1v) is 5.73. The maximum Gasteiger partial charge on any atom is 0.414 e. The number of aliphatic carboxylic acids is 1. The van der Waals surface area contributed by atoms with E-state index < -0.39 is 29.9 Å². The Morgan fingerprint density at radius 3 is 2.22 bits per heavy atom. The highest BCUT2D eigenvalue weighted by atomic mass is 19.4. The summed E-state index contributed by atoms with van der Waals surface area (Å²) >= 11 is 0. The summed E-state index contributed by atoms with van der Waals surface area (Å²) in [4.78, 5) is 11.1. The molecule has 0 bridgehead atoms. The molecule has 7 heteroatoms. The SMILES string of the molecule is CCNC(C)(CC(C)OC(C)C(F)(F)F)C(=O)O. The summed E-state index contributed by atoms with van der Waals surface area (Å²) < 4.78 is 41.7. The zero-order valence-electron chi connectivity index (χ0n) is 11.0. The molecule has 3 atom stereocenters. The van der Waals surface area contributed by atoms with Crippen molar-refractivity contribution in [3.05, 3.63) is 0 Å². The van der Waals surface area contributed by atoms with Gasteiger partial charge in [-0.05, 0) is 27.3 Å². The van der Waals surface area contributed by atoms with Crippen LogP contribution in [0.15, 0.2) is 0 Å². The second-order valence-corrected chi connectivity index (χ2v) is 4.50. The first-order valence-electron chi connectivity index (χ1n) is 5.73. The van der Waals surface area contributed by atoms with Crippen LogP contribution >= 0.6 is 0 Å². The predicted octanol–water partition coefficient (Wildman–Crippen LogP) is 2.19. The number of carboxylic acids is 1. The van der Waals surface area contributed by atoms with Crippen molar-refractivity contribution in [1.82, 2.24) is 5.32 Å². The minimum Gasteiger partial charge on any atom is -0.480 e. The van der Waals surface area contributed by atoms with Crippen LogP contribution in [0, 0.1) is 0 Å². The van der Waals surface area contributed by atoms with Crippen LogP contribution in [0.5, 0.6) is 0 Å². The van der Waals surface area contributed by atoms with Gasteiger partial charge in [0.2, 0.25) is 0 Å². The van der Waals surface area contributed by atoms with Gasteiger partial charge in [0.1, 0.15) is 5.54 Å². The fourth-order valence-electron chi connectivity index (χ4n) is 1.67. The monoisotopic (exact) mass is 271 g/mol. The van der Waals surface area contributed by atoms with Gasteiger partial charge in [0.15, 0.2) is 6.10 Å². The van der Waals surface area contributed by atoms with Gasteiger partial charge in [-0.15, -0.1) is 0 Å². The highest BCUT2D eigenvalue weighted by molar-refractivity contribution is 5.78. The van der Waals surface area contributed by atoms with Crippen LogP contribution in [-0.2, 0) is 9.53 Å². The van der Waals surface area contributed by atoms with Gasteiger partial charge in [-0.3, -0.25) is 4.79 Å². The Morgan fingerprint density at radius 1 is 1.39 bits per heavy atom. The van der Waals surface area contributed by atoms with Gasteiger partial charge in [-0.2, -0.15) is 13.2 Å². The summed E-state index contributed by atoms with van der Waals surface area (Å²) in [5.41, 5.74) is -1.29. The van der Waals surface area contributed by atoms with Gasteiger partial charge < -0.3 is 15.2 Å². The number of halogens is 3. The molecule has 0 rings (SSSR count). The summed E-state index contributed by atoms with van der Waals surface area (Å²) in [6, 6.07) is 0. The van der Waals surface area contributed by atoms with Gasteiger partial charge in [0.25, 0.3) is 0 Å². The highest BCUT2D eigenvalue weighted by Crippen LogP contribution is 2.25. The molecule has 0 saturated carbocycles. The van der Waals surface area contributed by atoms with E-state index in [2.05, 4.69) is 5.32 Å². The molecule has 0 radical (unpaired) electrons. The highest BCUT2D eigenvalue weighted by Gasteiger charge is 2.40. The Balaban J connectivity index is 4.53. The van der Waals surface area contributed by atoms with Gasteiger partial charge in [-0.25, -0.2) is 0 Å². The number of carbonyl (C=O) groups is 1. The summed E-state index contributed by atoms with van der Waals surface area (Å²) in [6.45, 7) is 5.90. The zero-order valence-corrected chi connectivity index (χ0v) is 11.0. The molecule has 0 aliphatic carbocycles. The molecule has 4 nitrogen and oxygen atoms in total. The standard InChI is InChI=1S/C11H20F3NO3/c1-5-15-10(4,9(16)17)6-7(2)18-8(3)11(12,13)14/h7-8,15H,5-6H2,1-4H3,(H,16,17). The third-order valence-electron chi connectivity index (χ3n) is 2.63. The lowest BCUT2D eigenvalue weighted by Gasteiger charge is -2.30. The minimum absolute atomic E-state index is 0.0450. The van der Waals surface area contributed by atoms with Crippen LogP contribution in [-0.4, -0.2) is 41.5 Å². The van der Waals surface area contributed by atoms with E-state index in [1.165, 1.54) is 13.8 Å². The van der Waals surface area contributed by atoms with E-state index in [4.69, 9.17) is 9.84 Å². The number of ether oxygens (including phenoxy) is 1. The molecule has 0 aromatic carbocycles. The molecule has 0 aromatic heterocycles. The molecule has 0 aromatic rings. The van der Waals surface area contributed by atoms with Crippen LogP contribution in [0.25, 0.3) is 0 Å². The van der Waals surface area contributed by atoms with Crippen LogP contribution in [0.1, 0.15) is 34.1 Å². The number of rotatable bonds is 7. The Morgan fingerprint density at radius 2 is 1.89 bits per heavy atom. The van der Waals surface area contributed by atoms with Crippen LogP contribution in [0.3, 0.4) is 0 Å². The minimum atomic E-state index is -4.44. The van der Waals surface area contributed by atoms with Gasteiger partial charge in [-0.1, -0.05) is 6.92 Å². The Labute approximate surface area is 105 Å². The van der Waals surface area contributed by atoms with E-state index in [0.717, 1.165) is 6.92 Å². The van der Waals surface area contributed by atoms with Crippen LogP contribution < -0.4 is 5.32 Å². The molecule has 0 fully saturated rings. The van der Waals surface area contributed by atoms with Crippen molar-refractivity contribution in [2.24, 2.45) is 0 Å². The molecule has 0 saturated heterocycles. The summed E-state index contributed by atoms with van der Waals surface area (Å²) in [5, 5.41) is 11.8. The van der Waals surface area contributed by atoms with Crippen molar-refractivity contribution >= 4 is 5.97 Å². The van der Waals surface area contributed by atoms with E-state index in [-0.39, 0.29) is 6.42 Å².